The number of benzene rings is 1. The second-order valence-electron chi connectivity index (χ2n) is 11.3. The molecule has 3 rings (SSSR count). The average Bonchev–Trinajstić information content (AvgIpc) is 3.17. The second kappa shape index (κ2) is 15.0. The Kier molecular flexibility index (Phi) is 11.8. The second-order valence-corrected chi connectivity index (χ2v) is 11.3. The van der Waals surface area contributed by atoms with Crippen molar-refractivity contribution >= 4 is 23.8 Å². The Labute approximate surface area is 227 Å². The molecule has 1 N–H and O–H groups in total. The van der Waals surface area contributed by atoms with Crippen LogP contribution in [0, 0.1) is 17.8 Å². The smallest absolute Gasteiger partial charge is 0.332 e. The van der Waals surface area contributed by atoms with Gasteiger partial charge in [-0.25, -0.2) is 4.79 Å². The van der Waals surface area contributed by atoms with Crippen LogP contribution in [0.5, 0.6) is 0 Å². The minimum Gasteiger partial charge on any atom is -0.481 e. The van der Waals surface area contributed by atoms with Crippen LogP contribution in [0.2, 0.25) is 0 Å². The number of unbranched alkanes of at least 4 members (excludes halogenated alkanes) is 3. The molecule has 1 fully saturated rings. The van der Waals surface area contributed by atoms with Crippen LogP contribution in [0.1, 0.15) is 90.5 Å². The highest BCUT2D eigenvalue weighted by molar-refractivity contribution is 6.00. The maximum absolute atomic E-state index is 13.0. The number of carbonyl (C=O) groups excluding carboxylic acids is 2. The van der Waals surface area contributed by atoms with E-state index in [9.17, 15) is 14.4 Å². The van der Waals surface area contributed by atoms with Crippen LogP contribution in [0.25, 0.3) is 6.08 Å². The number of carboxylic acids is 1. The molecular formula is C32H44O6. The first-order valence-electron chi connectivity index (χ1n) is 14.3. The molecule has 0 amide bonds. The van der Waals surface area contributed by atoms with Crippen molar-refractivity contribution in [2.24, 2.45) is 17.8 Å². The van der Waals surface area contributed by atoms with Crippen LogP contribution < -0.4 is 0 Å². The lowest BCUT2D eigenvalue weighted by molar-refractivity contribution is -0.158. The molecule has 2 aliphatic carbocycles. The van der Waals surface area contributed by atoms with E-state index in [1.165, 1.54) is 6.42 Å². The zero-order valence-corrected chi connectivity index (χ0v) is 23.2. The predicted molar refractivity (Wildman–Crippen MR) is 148 cm³/mol. The minimum absolute atomic E-state index is 0.0166. The first-order valence-corrected chi connectivity index (χ1v) is 14.3. The third kappa shape index (κ3) is 9.23. The van der Waals surface area contributed by atoms with E-state index in [0.29, 0.717) is 30.6 Å². The SMILES string of the molecule is CC1CCC(C(C)C)C(OCC(=O)OC2CC(=O)C(CCCCCCC(=O)O)=C2C=Cc2ccccc2)C1. The first kappa shape index (κ1) is 29.8. The number of allylic oxidation sites excluding steroid dienone is 1. The van der Waals surface area contributed by atoms with E-state index in [1.54, 1.807) is 0 Å². The van der Waals surface area contributed by atoms with Crippen molar-refractivity contribution in [2.45, 2.75) is 97.2 Å². The molecule has 0 spiro atoms. The zero-order chi connectivity index (χ0) is 27.5. The molecule has 0 bridgehead atoms. The number of rotatable bonds is 14. The van der Waals surface area contributed by atoms with Gasteiger partial charge in [0, 0.05) is 12.0 Å². The van der Waals surface area contributed by atoms with Gasteiger partial charge in [-0.1, -0.05) is 82.5 Å². The number of hydrogen-bond donors (Lipinski definition) is 1. The minimum atomic E-state index is -0.779. The Morgan fingerprint density at radius 1 is 1.05 bits per heavy atom. The summed E-state index contributed by atoms with van der Waals surface area (Å²) < 4.78 is 11.9. The fourth-order valence-electron chi connectivity index (χ4n) is 5.71. The van der Waals surface area contributed by atoms with Crippen LogP contribution >= 0.6 is 0 Å². The lowest BCUT2D eigenvalue weighted by atomic mass is 9.75. The number of esters is 1. The van der Waals surface area contributed by atoms with Crippen molar-refractivity contribution in [2.75, 3.05) is 6.61 Å². The molecule has 0 aromatic heterocycles. The molecule has 1 saturated carbocycles. The maximum atomic E-state index is 13.0. The quantitative estimate of drug-likeness (QED) is 0.213. The van der Waals surface area contributed by atoms with E-state index < -0.39 is 18.0 Å². The largest absolute Gasteiger partial charge is 0.481 e. The number of Topliss-reactive ketones (excluding diaryl/α,β-unsaturated/α-hetero) is 1. The van der Waals surface area contributed by atoms with Crippen LogP contribution in [0.3, 0.4) is 0 Å². The molecule has 4 atom stereocenters. The lowest BCUT2D eigenvalue weighted by Gasteiger charge is -2.37. The van der Waals surface area contributed by atoms with Crippen molar-refractivity contribution < 1.29 is 29.0 Å². The van der Waals surface area contributed by atoms with Gasteiger partial charge in [-0.05, 0) is 61.0 Å². The molecule has 1 aromatic carbocycles. The van der Waals surface area contributed by atoms with Gasteiger partial charge in [0.05, 0.1) is 12.5 Å². The summed E-state index contributed by atoms with van der Waals surface area (Å²) in [5.41, 5.74) is 2.49. The molecule has 2 aliphatic rings. The summed E-state index contributed by atoms with van der Waals surface area (Å²) >= 11 is 0. The van der Waals surface area contributed by atoms with E-state index in [4.69, 9.17) is 14.6 Å². The van der Waals surface area contributed by atoms with Crippen molar-refractivity contribution in [3.63, 3.8) is 0 Å². The molecule has 1 aromatic rings. The number of carboxylic acid groups (broad SMARTS) is 1. The predicted octanol–water partition coefficient (Wildman–Crippen LogP) is 6.78. The topological polar surface area (TPSA) is 89.9 Å². The molecule has 0 radical (unpaired) electrons. The van der Waals surface area contributed by atoms with Crippen LogP contribution in [0.4, 0.5) is 0 Å². The molecular weight excluding hydrogens is 480 g/mol. The molecule has 38 heavy (non-hydrogen) atoms. The van der Waals surface area contributed by atoms with E-state index in [-0.39, 0.29) is 31.3 Å². The first-order chi connectivity index (χ1) is 18.2. The maximum Gasteiger partial charge on any atom is 0.332 e. The molecule has 6 nitrogen and oxygen atoms in total. The van der Waals surface area contributed by atoms with Gasteiger partial charge >= 0.3 is 11.9 Å². The fourth-order valence-corrected chi connectivity index (χ4v) is 5.71. The number of ketones is 1. The standard InChI is InChI=1S/C32H44O6/c1-22(2)25-17-15-23(3)19-29(25)37-21-32(36)38-30-20-28(33)26(13-9-4-5-10-14-31(34)35)27(30)18-16-24-11-7-6-8-12-24/h6-8,11-12,16,18,22-23,25,29-30H,4-5,9-10,13-15,17,19-21H2,1-3H3,(H,34,35). The van der Waals surface area contributed by atoms with E-state index >= 15 is 0 Å². The molecule has 6 heteroatoms. The van der Waals surface area contributed by atoms with Crippen LogP contribution in [-0.2, 0) is 23.9 Å². The average molecular weight is 525 g/mol. The Morgan fingerprint density at radius 3 is 2.50 bits per heavy atom. The van der Waals surface area contributed by atoms with Gasteiger partial charge < -0.3 is 14.6 Å². The molecule has 4 unspecified atom stereocenters. The van der Waals surface area contributed by atoms with Gasteiger partial charge in [0.15, 0.2) is 5.78 Å². The molecule has 0 saturated heterocycles. The van der Waals surface area contributed by atoms with Gasteiger partial charge in [0.25, 0.3) is 0 Å². The molecule has 0 heterocycles. The summed E-state index contributed by atoms with van der Waals surface area (Å²) in [6, 6.07) is 9.84. The van der Waals surface area contributed by atoms with Gasteiger partial charge in [-0.2, -0.15) is 0 Å². The van der Waals surface area contributed by atoms with E-state index in [0.717, 1.165) is 48.8 Å². The summed E-state index contributed by atoms with van der Waals surface area (Å²) in [6.07, 6.45) is 10.6. The number of hydrogen-bond acceptors (Lipinski definition) is 5. The van der Waals surface area contributed by atoms with Crippen molar-refractivity contribution in [1.29, 1.82) is 0 Å². The molecule has 208 valence electrons. The normalized spacial score (nSPS) is 23.9. The number of ether oxygens (including phenoxy) is 2. The summed E-state index contributed by atoms with van der Waals surface area (Å²) in [6.45, 7) is 6.56. The Bertz CT molecular complexity index is 992. The third-order valence-corrected chi connectivity index (χ3v) is 7.88. The van der Waals surface area contributed by atoms with Crippen molar-refractivity contribution in [1.82, 2.24) is 0 Å². The Morgan fingerprint density at radius 2 is 1.79 bits per heavy atom. The summed E-state index contributed by atoms with van der Waals surface area (Å²) in [5, 5.41) is 8.82. The van der Waals surface area contributed by atoms with Crippen molar-refractivity contribution in [3.8, 4) is 0 Å². The Balaban J connectivity index is 1.64. The van der Waals surface area contributed by atoms with Gasteiger partial charge in [-0.3, -0.25) is 9.59 Å². The summed E-state index contributed by atoms with van der Waals surface area (Å²) in [5.74, 6) is 0.340. The van der Waals surface area contributed by atoms with E-state index in [1.807, 2.05) is 42.5 Å². The van der Waals surface area contributed by atoms with Crippen LogP contribution in [-0.4, -0.2) is 41.6 Å². The highest BCUT2D eigenvalue weighted by Gasteiger charge is 2.35. The highest BCUT2D eigenvalue weighted by atomic mass is 16.6. The number of carbonyl (C=O) groups is 3. The summed E-state index contributed by atoms with van der Waals surface area (Å²) in [4.78, 5) is 36.6. The van der Waals surface area contributed by atoms with Gasteiger partial charge in [-0.15, -0.1) is 0 Å². The lowest BCUT2D eigenvalue weighted by Crippen LogP contribution is -2.36. The number of aliphatic carboxylic acids is 1. The van der Waals surface area contributed by atoms with Gasteiger partial charge in [0.2, 0.25) is 0 Å². The zero-order valence-electron chi connectivity index (χ0n) is 23.2. The fraction of sp³-hybridized carbons (Fsp3) is 0.594. The molecule has 0 aliphatic heterocycles. The third-order valence-electron chi connectivity index (χ3n) is 7.88. The highest BCUT2D eigenvalue weighted by Crippen LogP contribution is 2.36. The summed E-state index contributed by atoms with van der Waals surface area (Å²) in [7, 11) is 0. The van der Waals surface area contributed by atoms with E-state index in [2.05, 4.69) is 20.8 Å². The van der Waals surface area contributed by atoms with Gasteiger partial charge in [0.1, 0.15) is 12.7 Å². The Hall–Kier alpha value is -2.73. The monoisotopic (exact) mass is 524 g/mol. The van der Waals surface area contributed by atoms with Crippen molar-refractivity contribution in [3.05, 3.63) is 53.1 Å². The van der Waals surface area contributed by atoms with Crippen LogP contribution in [0.15, 0.2) is 47.6 Å².